The molecule has 2 heterocycles. The smallest absolute Gasteiger partial charge is 0.252 e. The number of sulfone groups is 1. The molecule has 0 spiro atoms. The largest absolute Gasteiger partial charge is 0.493 e. The van der Waals surface area contributed by atoms with Crippen LogP contribution in [0.25, 0.3) is 0 Å². The maximum absolute atomic E-state index is 13.4. The van der Waals surface area contributed by atoms with Gasteiger partial charge in [0, 0.05) is 10.9 Å². The van der Waals surface area contributed by atoms with Gasteiger partial charge in [0.05, 0.1) is 38.2 Å². The molecule has 0 bridgehead atoms. The van der Waals surface area contributed by atoms with Gasteiger partial charge in [-0.05, 0) is 42.0 Å². The van der Waals surface area contributed by atoms with E-state index >= 15 is 0 Å². The fraction of sp³-hybridized carbons (Fsp3) is 0.333. The first-order valence-electron chi connectivity index (χ1n) is 9.54. The van der Waals surface area contributed by atoms with E-state index in [1.54, 1.807) is 35.2 Å². The lowest BCUT2D eigenvalue weighted by molar-refractivity contribution is -0.117. The van der Waals surface area contributed by atoms with Crippen LogP contribution in [0.2, 0.25) is 0 Å². The normalized spacial score (nSPS) is 23.1. The Balaban J connectivity index is 1.60. The molecule has 31 heavy (non-hydrogen) atoms. The van der Waals surface area contributed by atoms with Crippen molar-refractivity contribution in [3.8, 4) is 11.5 Å². The van der Waals surface area contributed by atoms with Crippen LogP contribution in [0.4, 0.5) is 10.1 Å². The van der Waals surface area contributed by atoms with Crippen molar-refractivity contribution in [1.29, 1.82) is 0 Å². The molecule has 164 valence electrons. The van der Waals surface area contributed by atoms with Crippen molar-refractivity contribution in [2.45, 2.75) is 17.7 Å². The van der Waals surface area contributed by atoms with E-state index in [9.17, 15) is 17.6 Å². The molecule has 0 aliphatic carbocycles. The standard InChI is InChI=1S/C21H21FN2O5S2/c1-28-17-8-3-13(9-18(17)29-2)10-20(25)23-21-24(15-6-4-14(22)5-7-15)16-11-31(26,27)12-19(16)30-21/h3-9,16,19H,10-12H2,1-2H3. The van der Waals surface area contributed by atoms with Gasteiger partial charge < -0.3 is 14.4 Å². The zero-order chi connectivity index (χ0) is 22.2. The number of aliphatic imine (C=N–C) groups is 1. The van der Waals surface area contributed by atoms with Gasteiger partial charge in [0.25, 0.3) is 5.91 Å². The zero-order valence-electron chi connectivity index (χ0n) is 16.9. The topological polar surface area (TPSA) is 85.3 Å². The maximum atomic E-state index is 13.4. The number of hydrogen-bond acceptors (Lipinski definition) is 6. The van der Waals surface area contributed by atoms with E-state index in [1.165, 1.54) is 38.1 Å². The van der Waals surface area contributed by atoms with Crippen LogP contribution in [-0.2, 0) is 21.1 Å². The van der Waals surface area contributed by atoms with E-state index in [2.05, 4.69) is 4.99 Å². The number of methoxy groups -OCH3 is 2. The molecule has 2 fully saturated rings. The second-order valence-corrected chi connectivity index (χ2v) is 10.7. The molecule has 2 aliphatic heterocycles. The first-order valence-corrected chi connectivity index (χ1v) is 12.2. The van der Waals surface area contributed by atoms with Gasteiger partial charge in [-0.2, -0.15) is 4.99 Å². The van der Waals surface area contributed by atoms with Crippen molar-refractivity contribution in [2.75, 3.05) is 30.6 Å². The number of amidine groups is 1. The van der Waals surface area contributed by atoms with Gasteiger partial charge in [-0.25, -0.2) is 12.8 Å². The Labute approximate surface area is 184 Å². The Morgan fingerprint density at radius 3 is 2.52 bits per heavy atom. The van der Waals surface area contributed by atoms with Crippen LogP contribution in [0.15, 0.2) is 47.5 Å². The Morgan fingerprint density at radius 1 is 1.13 bits per heavy atom. The van der Waals surface area contributed by atoms with E-state index in [4.69, 9.17) is 9.47 Å². The third kappa shape index (κ3) is 4.54. The second-order valence-electron chi connectivity index (χ2n) is 7.30. The minimum absolute atomic E-state index is 0.0229. The number of carbonyl (C=O) groups is 1. The van der Waals surface area contributed by atoms with Crippen LogP contribution in [0.5, 0.6) is 11.5 Å². The summed E-state index contributed by atoms with van der Waals surface area (Å²) < 4.78 is 48.2. The van der Waals surface area contributed by atoms with Crippen molar-refractivity contribution in [3.63, 3.8) is 0 Å². The first-order chi connectivity index (χ1) is 14.8. The molecule has 2 aromatic rings. The quantitative estimate of drug-likeness (QED) is 0.673. The lowest BCUT2D eigenvalue weighted by atomic mass is 10.1. The van der Waals surface area contributed by atoms with Crippen LogP contribution in [0, 0.1) is 5.82 Å². The first kappa shape index (κ1) is 21.6. The van der Waals surface area contributed by atoms with Crippen LogP contribution in [-0.4, -0.2) is 56.5 Å². The molecule has 2 saturated heterocycles. The van der Waals surface area contributed by atoms with Crippen molar-refractivity contribution in [3.05, 3.63) is 53.8 Å². The number of fused-ring (bicyclic) bond motifs is 1. The van der Waals surface area contributed by atoms with E-state index < -0.39 is 15.7 Å². The van der Waals surface area contributed by atoms with Gasteiger partial charge in [0.15, 0.2) is 26.5 Å². The third-order valence-electron chi connectivity index (χ3n) is 5.20. The Bertz CT molecular complexity index is 1130. The minimum Gasteiger partial charge on any atom is -0.493 e. The summed E-state index contributed by atoms with van der Waals surface area (Å²) in [5, 5.41) is 0.213. The van der Waals surface area contributed by atoms with Crippen molar-refractivity contribution in [1.82, 2.24) is 0 Å². The average molecular weight is 465 g/mol. The molecule has 1 amide bonds. The number of hydrogen-bond donors (Lipinski definition) is 0. The summed E-state index contributed by atoms with van der Waals surface area (Å²) in [5.74, 6) is 0.323. The fourth-order valence-corrected chi connectivity index (χ4v) is 7.71. The van der Waals surface area contributed by atoms with E-state index in [0.29, 0.717) is 27.9 Å². The molecule has 2 unspecified atom stereocenters. The van der Waals surface area contributed by atoms with Gasteiger partial charge in [-0.1, -0.05) is 17.8 Å². The van der Waals surface area contributed by atoms with Crippen LogP contribution in [0.3, 0.4) is 0 Å². The molecule has 0 radical (unpaired) electrons. The Kier molecular flexibility index (Phi) is 5.94. The van der Waals surface area contributed by atoms with Gasteiger partial charge in [-0.15, -0.1) is 0 Å². The molecule has 0 saturated carbocycles. The van der Waals surface area contributed by atoms with Crippen molar-refractivity contribution < 1.29 is 27.1 Å². The summed E-state index contributed by atoms with van der Waals surface area (Å²) in [6.07, 6.45) is 0.0509. The number of carbonyl (C=O) groups excluding carboxylic acids is 1. The summed E-state index contributed by atoms with van der Waals surface area (Å²) in [6.45, 7) is 0. The SMILES string of the molecule is COc1ccc(CC(=O)N=C2SC3CS(=O)(=O)CC3N2c2ccc(F)cc2)cc1OC. The van der Waals surface area contributed by atoms with Gasteiger partial charge in [0.2, 0.25) is 0 Å². The molecule has 10 heteroatoms. The summed E-state index contributed by atoms with van der Waals surface area (Å²) in [4.78, 5) is 18.8. The number of nitrogens with zero attached hydrogens (tertiary/aromatic N) is 2. The molecular weight excluding hydrogens is 443 g/mol. The molecule has 2 aromatic carbocycles. The summed E-state index contributed by atoms with van der Waals surface area (Å²) >= 11 is 1.28. The molecule has 2 aliphatic rings. The predicted octanol–water partition coefficient (Wildman–Crippen LogP) is 2.69. The minimum atomic E-state index is -3.17. The van der Waals surface area contributed by atoms with Crippen LogP contribution in [0.1, 0.15) is 5.56 Å². The number of halogens is 1. The number of thioether (sulfide) groups is 1. The van der Waals surface area contributed by atoms with Crippen molar-refractivity contribution >= 4 is 38.4 Å². The highest BCUT2D eigenvalue weighted by Gasteiger charge is 2.49. The van der Waals surface area contributed by atoms with E-state index in [-0.39, 0.29) is 35.1 Å². The molecular formula is C21H21FN2O5S2. The molecule has 4 rings (SSSR count). The maximum Gasteiger partial charge on any atom is 0.252 e. The van der Waals surface area contributed by atoms with Gasteiger partial charge >= 0.3 is 0 Å². The lowest BCUT2D eigenvalue weighted by Gasteiger charge is -2.24. The predicted molar refractivity (Wildman–Crippen MR) is 118 cm³/mol. The molecule has 2 atom stereocenters. The van der Waals surface area contributed by atoms with Crippen LogP contribution < -0.4 is 14.4 Å². The van der Waals surface area contributed by atoms with Crippen LogP contribution >= 0.6 is 11.8 Å². The molecule has 0 aromatic heterocycles. The molecule has 0 N–H and O–H groups in total. The molecule has 7 nitrogen and oxygen atoms in total. The summed E-state index contributed by atoms with van der Waals surface area (Å²) in [5.41, 5.74) is 1.32. The highest BCUT2D eigenvalue weighted by atomic mass is 32.2. The zero-order valence-corrected chi connectivity index (χ0v) is 18.6. The average Bonchev–Trinajstić information content (AvgIpc) is 3.19. The Morgan fingerprint density at radius 2 is 1.84 bits per heavy atom. The lowest BCUT2D eigenvalue weighted by Crippen LogP contribution is -2.37. The third-order valence-corrected chi connectivity index (χ3v) is 8.40. The fourth-order valence-electron chi connectivity index (χ4n) is 3.78. The number of amides is 1. The Hall–Kier alpha value is -2.59. The number of benzene rings is 2. The number of anilines is 1. The highest BCUT2D eigenvalue weighted by Crippen LogP contribution is 2.41. The van der Waals surface area contributed by atoms with Crippen molar-refractivity contribution in [2.24, 2.45) is 4.99 Å². The summed E-state index contributed by atoms with van der Waals surface area (Å²) in [6, 6.07) is 10.6. The van der Waals surface area contributed by atoms with Gasteiger partial charge in [-0.3, -0.25) is 4.79 Å². The van der Waals surface area contributed by atoms with E-state index in [1.807, 2.05) is 0 Å². The number of rotatable bonds is 5. The second kappa shape index (κ2) is 8.51. The monoisotopic (exact) mass is 464 g/mol. The summed E-state index contributed by atoms with van der Waals surface area (Å²) in [7, 11) is -0.117. The van der Waals surface area contributed by atoms with E-state index in [0.717, 1.165) is 0 Å². The number of ether oxygens (including phenoxy) is 2. The highest BCUT2D eigenvalue weighted by molar-refractivity contribution is 8.16. The van der Waals surface area contributed by atoms with Gasteiger partial charge in [0.1, 0.15) is 5.82 Å².